The highest BCUT2D eigenvalue weighted by atomic mass is 14.7. The molecule has 1 aromatic heterocycles. The van der Waals surface area contributed by atoms with Gasteiger partial charge in [0.1, 0.15) is 0 Å². The molecule has 92 valence electrons. The van der Waals surface area contributed by atoms with Crippen molar-refractivity contribution in [3.05, 3.63) is 53.7 Å². The van der Waals surface area contributed by atoms with Gasteiger partial charge in [0.05, 0.1) is 5.52 Å². The van der Waals surface area contributed by atoms with Crippen LogP contribution < -0.4 is 0 Å². The van der Waals surface area contributed by atoms with E-state index in [2.05, 4.69) is 41.4 Å². The topological polar surface area (TPSA) is 12.9 Å². The van der Waals surface area contributed by atoms with Crippen molar-refractivity contribution >= 4 is 21.7 Å². The minimum atomic E-state index is 0.788. The zero-order chi connectivity index (χ0) is 12.4. The largest absolute Gasteiger partial charge is 0.256 e. The molecule has 0 aliphatic heterocycles. The molecule has 1 heteroatoms. The third kappa shape index (κ3) is 1.14. The standard InChI is InChI=1S/C18H15N/c1-2-5-14-13(4-1)16-11-7-8-12(10-11)17(16)15-6-3-9-19-18(14)15/h1-6,9,11-12H,7-8,10H2/t11-,12+/m1/s1. The van der Waals surface area contributed by atoms with Crippen molar-refractivity contribution in [3.63, 3.8) is 0 Å². The van der Waals surface area contributed by atoms with Crippen LogP contribution in [-0.2, 0) is 0 Å². The fourth-order valence-corrected chi connectivity index (χ4v) is 4.44. The molecule has 1 nitrogen and oxygen atoms in total. The molecule has 2 aromatic carbocycles. The highest BCUT2D eigenvalue weighted by molar-refractivity contribution is 6.09. The van der Waals surface area contributed by atoms with Gasteiger partial charge in [-0.25, -0.2) is 0 Å². The van der Waals surface area contributed by atoms with Gasteiger partial charge in [0, 0.05) is 17.0 Å². The maximum atomic E-state index is 4.67. The lowest BCUT2D eigenvalue weighted by molar-refractivity contribution is 0.726. The third-order valence-electron chi connectivity index (χ3n) is 5.11. The number of fused-ring (bicyclic) bond motifs is 10. The normalized spacial score (nSPS) is 24.2. The van der Waals surface area contributed by atoms with E-state index >= 15 is 0 Å². The number of benzene rings is 2. The van der Waals surface area contributed by atoms with Gasteiger partial charge in [-0.1, -0.05) is 30.3 Å². The molecular formula is C18H15N. The molecule has 2 aliphatic rings. The van der Waals surface area contributed by atoms with Crippen LogP contribution in [0.5, 0.6) is 0 Å². The van der Waals surface area contributed by atoms with Crippen molar-refractivity contribution < 1.29 is 0 Å². The smallest absolute Gasteiger partial charge is 0.0783 e. The molecule has 1 heterocycles. The number of hydrogen-bond donors (Lipinski definition) is 0. The third-order valence-corrected chi connectivity index (χ3v) is 5.11. The van der Waals surface area contributed by atoms with Crippen LogP contribution in [0.15, 0.2) is 42.6 Å². The second-order valence-electron chi connectivity index (χ2n) is 5.98. The lowest BCUT2D eigenvalue weighted by Crippen LogP contribution is -2.01. The first-order valence-corrected chi connectivity index (χ1v) is 7.22. The molecule has 2 aliphatic carbocycles. The highest BCUT2D eigenvalue weighted by Crippen LogP contribution is 2.57. The zero-order valence-electron chi connectivity index (χ0n) is 10.8. The molecule has 2 atom stereocenters. The van der Waals surface area contributed by atoms with E-state index in [0.29, 0.717) is 0 Å². The van der Waals surface area contributed by atoms with Crippen LogP contribution in [0, 0.1) is 0 Å². The zero-order valence-corrected chi connectivity index (χ0v) is 10.8. The van der Waals surface area contributed by atoms with Gasteiger partial charge in [-0.15, -0.1) is 0 Å². The minimum Gasteiger partial charge on any atom is -0.256 e. The van der Waals surface area contributed by atoms with E-state index in [4.69, 9.17) is 0 Å². The second-order valence-corrected chi connectivity index (χ2v) is 5.98. The van der Waals surface area contributed by atoms with Gasteiger partial charge in [-0.2, -0.15) is 0 Å². The van der Waals surface area contributed by atoms with Gasteiger partial charge in [-0.05, 0) is 53.7 Å². The van der Waals surface area contributed by atoms with Gasteiger partial charge in [0.2, 0.25) is 0 Å². The van der Waals surface area contributed by atoms with E-state index in [1.54, 1.807) is 11.1 Å². The van der Waals surface area contributed by atoms with Crippen molar-refractivity contribution in [2.24, 2.45) is 0 Å². The summed E-state index contributed by atoms with van der Waals surface area (Å²) in [5.74, 6) is 1.59. The van der Waals surface area contributed by atoms with E-state index in [1.165, 1.54) is 40.9 Å². The summed E-state index contributed by atoms with van der Waals surface area (Å²) in [4.78, 5) is 4.67. The summed E-state index contributed by atoms with van der Waals surface area (Å²) < 4.78 is 0. The maximum absolute atomic E-state index is 4.67. The summed E-state index contributed by atoms with van der Waals surface area (Å²) in [6, 6.07) is 13.2. The predicted molar refractivity (Wildman–Crippen MR) is 78.6 cm³/mol. The first-order chi connectivity index (χ1) is 9.43. The molecule has 1 saturated carbocycles. The van der Waals surface area contributed by atoms with Crippen LogP contribution in [0.3, 0.4) is 0 Å². The monoisotopic (exact) mass is 245 g/mol. The van der Waals surface area contributed by atoms with Crippen LogP contribution in [-0.4, -0.2) is 4.98 Å². The molecule has 2 bridgehead atoms. The molecule has 19 heavy (non-hydrogen) atoms. The Kier molecular flexibility index (Phi) is 1.76. The van der Waals surface area contributed by atoms with Gasteiger partial charge >= 0.3 is 0 Å². The Morgan fingerprint density at radius 1 is 0.789 bits per heavy atom. The fourth-order valence-electron chi connectivity index (χ4n) is 4.44. The molecule has 0 radical (unpaired) electrons. The van der Waals surface area contributed by atoms with Crippen LogP contribution >= 0.6 is 0 Å². The predicted octanol–water partition coefficient (Wildman–Crippen LogP) is 4.75. The van der Waals surface area contributed by atoms with Gasteiger partial charge < -0.3 is 0 Å². The summed E-state index contributed by atoms with van der Waals surface area (Å²) in [7, 11) is 0. The summed E-state index contributed by atoms with van der Waals surface area (Å²) in [6.45, 7) is 0. The molecule has 0 spiro atoms. The SMILES string of the molecule is c1ccc2c(c1)c1c(c3cccnc32)[C@H]2CC[C@@H]1C2. The van der Waals surface area contributed by atoms with Crippen LogP contribution in [0.2, 0.25) is 0 Å². The van der Waals surface area contributed by atoms with Crippen molar-refractivity contribution in [2.45, 2.75) is 31.1 Å². The lowest BCUT2D eigenvalue weighted by Gasteiger charge is -2.20. The number of pyridine rings is 1. The molecule has 0 N–H and O–H groups in total. The molecule has 0 amide bonds. The van der Waals surface area contributed by atoms with Crippen LogP contribution in [0.1, 0.15) is 42.2 Å². The molecule has 3 aromatic rings. The van der Waals surface area contributed by atoms with Crippen molar-refractivity contribution in [3.8, 4) is 0 Å². The number of nitrogens with zero attached hydrogens (tertiary/aromatic N) is 1. The van der Waals surface area contributed by atoms with Crippen molar-refractivity contribution in [1.82, 2.24) is 4.98 Å². The second kappa shape index (κ2) is 3.36. The molecule has 1 fully saturated rings. The number of aromatic nitrogens is 1. The Balaban J connectivity index is 2.09. The Morgan fingerprint density at radius 2 is 1.47 bits per heavy atom. The highest BCUT2D eigenvalue weighted by Gasteiger charge is 2.39. The van der Waals surface area contributed by atoms with E-state index in [1.807, 2.05) is 6.20 Å². The van der Waals surface area contributed by atoms with Crippen LogP contribution in [0.25, 0.3) is 21.7 Å². The number of hydrogen-bond acceptors (Lipinski definition) is 1. The van der Waals surface area contributed by atoms with E-state index in [9.17, 15) is 0 Å². The average Bonchev–Trinajstić information content (AvgIpc) is 3.09. The molecule has 0 saturated heterocycles. The Bertz CT molecular complexity index is 750. The van der Waals surface area contributed by atoms with E-state index in [-0.39, 0.29) is 0 Å². The van der Waals surface area contributed by atoms with E-state index in [0.717, 1.165) is 11.8 Å². The Labute approximate surface area is 112 Å². The number of rotatable bonds is 0. The van der Waals surface area contributed by atoms with Gasteiger partial charge in [0.25, 0.3) is 0 Å². The summed E-state index contributed by atoms with van der Waals surface area (Å²) >= 11 is 0. The Hall–Kier alpha value is -1.89. The summed E-state index contributed by atoms with van der Waals surface area (Å²) in [5, 5.41) is 4.20. The Morgan fingerprint density at radius 3 is 2.32 bits per heavy atom. The summed E-state index contributed by atoms with van der Waals surface area (Å²) in [6.07, 6.45) is 6.05. The first kappa shape index (κ1) is 9.96. The summed E-state index contributed by atoms with van der Waals surface area (Å²) in [5.41, 5.74) is 4.47. The molecule has 5 rings (SSSR count). The van der Waals surface area contributed by atoms with Crippen molar-refractivity contribution in [1.29, 1.82) is 0 Å². The lowest BCUT2D eigenvalue weighted by atomic mass is 9.85. The van der Waals surface area contributed by atoms with Crippen molar-refractivity contribution in [2.75, 3.05) is 0 Å². The van der Waals surface area contributed by atoms with Gasteiger partial charge in [-0.3, -0.25) is 4.98 Å². The molecule has 0 unspecified atom stereocenters. The quantitative estimate of drug-likeness (QED) is 0.521. The molecular weight excluding hydrogens is 230 g/mol. The average molecular weight is 245 g/mol. The van der Waals surface area contributed by atoms with Crippen LogP contribution in [0.4, 0.5) is 0 Å². The fraction of sp³-hybridized carbons (Fsp3) is 0.278. The first-order valence-electron chi connectivity index (χ1n) is 7.22. The minimum absolute atomic E-state index is 0.788. The maximum Gasteiger partial charge on any atom is 0.0783 e. The van der Waals surface area contributed by atoms with E-state index < -0.39 is 0 Å². The van der Waals surface area contributed by atoms with Gasteiger partial charge in [0.15, 0.2) is 0 Å².